The second-order valence-electron chi connectivity index (χ2n) is 4.88. The van der Waals surface area contributed by atoms with Crippen LogP contribution >= 0.6 is 0 Å². The Hall–Kier alpha value is -3.04. The Morgan fingerprint density at radius 1 is 1.17 bits per heavy atom. The van der Waals surface area contributed by atoms with Gasteiger partial charge in [0.1, 0.15) is 17.9 Å². The van der Waals surface area contributed by atoms with Crippen LogP contribution in [0.1, 0.15) is 15.9 Å². The van der Waals surface area contributed by atoms with Gasteiger partial charge in [0.25, 0.3) is 5.91 Å². The molecule has 0 saturated carbocycles. The van der Waals surface area contributed by atoms with Crippen molar-refractivity contribution >= 4 is 17.6 Å². The summed E-state index contributed by atoms with van der Waals surface area (Å²) in [4.78, 5) is 23.6. The number of alkyl halides is 3. The molecule has 0 aliphatic rings. The minimum atomic E-state index is -4.52. The van der Waals surface area contributed by atoms with Gasteiger partial charge in [0, 0.05) is 0 Å². The van der Waals surface area contributed by atoms with E-state index >= 15 is 0 Å². The maximum absolute atomic E-state index is 12.3. The predicted octanol–water partition coefficient (Wildman–Crippen LogP) is 1.03. The molecule has 0 radical (unpaired) electrons. The predicted molar refractivity (Wildman–Crippen MR) is 78.4 cm³/mol. The molecule has 2 rings (SSSR count). The van der Waals surface area contributed by atoms with E-state index in [1.807, 2.05) is 0 Å². The average molecular weight is 341 g/mol. The number of nitrogens with zero attached hydrogens (tertiary/aromatic N) is 2. The van der Waals surface area contributed by atoms with Crippen LogP contribution in [0.5, 0.6) is 0 Å². The molecule has 0 fully saturated rings. The zero-order valence-corrected chi connectivity index (χ0v) is 12.3. The maximum Gasteiger partial charge on any atom is 0.408 e. The fourth-order valence-corrected chi connectivity index (χ4v) is 1.88. The van der Waals surface area contributed by atoms with Crippen LogP contribution < -0.4 is 16.6 Å². The van der Waals surface area contributed by atoms with Crippen LogP contribution in [-0.4, -0.2) is 27.8 Å². The first-order valence-electron chi connectivity index (χ1n) is 6.77. The second-order valence-corrected chi connectivity index (χ2v) is 4.88. The fraction of sp³-hybridized carbons (Fsp3) is 0.214. The third kappa shape index (κ3) is 4.73. The van der Waals surface area contributed by atoms with Crippen LogP contribution in [0.3, 0.4) is 0 Å². The normalized spacial score (nSPS) is 11.1. The first-order chi connectivity index (χ1) is 11.3. The molecule has 1 aromatic heterocycles. The van der Waals surface area contributed by atoms with E-state index in [0.717, 1.165) is 11.8 Å². The maximum atomic E-state index is 12.3. The molecule has 2 aromatic rings. The van der Waals surface area contributed by atoms with Crippen molar-refractivity contribution in [3.05, 3.63) is 47.7 Å². The monoisotopic (exact) mass is 341 g/mol. The molecule has 0 saturated heterocycles. The molecular formula is C14H14F3N5O2. The van der Waals surface area contributed by atoms with Crippen molar-refractivity contribution < 1.29 is 22.8 Å². The van der Waals surface area contributed by atoms with Crippen LogP contribution in [-0.2, 0) is 17.8 Å². The van der Waals surface area contributed by atoms with E-state index in [1.54, 1.807) is 30.3 Å². The number of amides is 2. The smallest absolute Gasteiger partial charge is 0.383 e. The molecule has 0 unspecified atom stereocenters. The van der Waals surface area contributed by atoms with Gasteiger partial charge in [-0.3, -0.25) is 20.4 Å². The number of benzene rings is 1. The lowest BCUT2D eigenvalue weighted by molar-refractivity contribution is -0.142. The summed E-state index contributed by atoms with van der Waals surface area (Å²) in [7, 11) is 0. The number of hydrogen-bond donors (Lipinski definition) is 3. The van der Waals surface area contributed by atoms with Gasteiger partial charge in [-0.2, -0.15) is 18.3 Å². The number of nitrogens with two attached hydrogens (primary N) is 1. The third-order valence-electron chi connectivity index (χ3n) is 2.98. The van der Waals surface area contributed by atoms with Crippen molar-refractivity contribution in [3.63, 3.8) is 0 Å². The second kappa shape index (κ2) is 7.02. The molecule has 24 heavy (non-hydrogen) atoms. The number of hydrogen-bond acceptors (Lipinski definition) is 4. The van der Waals surface area contributed by atoms with Gasteiger partial charge < -0.3 is 5.73 Å². The van der Waals surface area contributed by atoms with Gasteiger partial charge in [-0.1, -0.05) is 30.3 Å². The molecule has 1 heterocycles. The lowest BCUT2D eigenvalue weighted by atomic mass is 10.1. The van der Waals surface area contributed by atoms with E-state index < -0.39 is 30.4 Å². The molecule has 0 atom stereocenters. The minimum Gasteiger partial charge on any atom is -0.383 e. The third-order valence-corrected chi connectivity index (χ3v) is 2.98. The molecule has 10 heteroatoms. The van der Waals surface area contributed by atoms with Crippen LogP contribution in [0.2, 0.25) is 0 Å². The Morgan fingerprint density at radius 2 is 1.83 bits per heavy atom. The van der Waals surface area contributed by atoms with Gasteiger partial charge in [0.15, 0.2) is 0 Å². The molecule has 0 aliphatic carbocycles. The summed E-state index contributed by atoms with van der Waals surface area (Å²) in [6, 6.07) is 8.79. The first-order valence-corrected chi connectivity index (χ1v) is 6.77. The van der Waals surface area contributed by atoms with Crippen LogP contribution in [0.4, 0.5) is 19.0 Å². The number of carbonyl (C=O) groups is 2. The van der Waals surface area contributed by atoms with Crippen molar-refractivity contribution in [2.75, 3.05) is 5.73 Å². The van der Waals surface area contributed by atoms with E-state index in [2.05, 4.69) is 16.0 Å². The van der Waals surface area contributed by atoms with Crippen molar-refractivity contribution in [3.8, 4) is 0 Å². The molecule has 2 amide bonds. The number of halogens is 3. The van der Waals surface area contributed by atoms with E-state index in [4.69, 9.17) is 5.73 Å². The number of anilines is 1. The summed E-state index contributed by atoms with van der Waals surface area (Å²) in [6.07, 6.45) is -3.58. The van der Waals surface area contributed by atoms with Gasteiger partial charge in [-0.25, -0.2) is 4.68 Å². The van der Waals surface area contributed by atoms with Gasteiger partial charge >= 0.3 is 6.18 Å². The molecule has 0 spiro atoms. The van der Waals surface area contributed by atoms with Gasteiger partial charge in [0.05, 0.1) is 12.6 Å². The van der Waals surface area contributed by atoms with Crippen LogP contribution in [0.25, 0.3) is 0 Å². The Balaban J connectivity index is 1.92. The molecule has 0 aliphatic heterocycles. The summed E-state index contributed by atoms with van der Waals surface area (Å²) >= 11 is 0. The topological polar surface area (TPSA) is 102 Å². The molecule has 1 aromatic carbocycles. The van der Waals surface area contributed by atoms with E-state index in [1.165, 1.54) is 0 Å². The van der Waals surface area contributed by atoms with Crippen molar-refractivity contribution in [2.24, 2.45) is 0 Å². The van der Waals surface area contributed by atoms with E-state index in [0.29, 0.717) is 4.68 Å². The van der Waals surface area contributed by atoms with Crippen LogP contribution in [0, 0.1) is 0 Å². The van der Waals surface area contributed by atoms with Gasteiger partial charge in [-0.15, -0.1) is 0 Å². The van der Waals surface area contributed by atoms with E-state index in [-0.39, 0.29) is 12.0 Å². The van der Waals surface area contributed by atoms with Gasteiger partial charge in [-0.05, 0) is 5.56 Å². The molecule has 0 bridgehead atoms. The average Bonchev–Trinajstić information content (AvgIpc) is 2.85. The summed E-state index contributed by atoms with van der Waals surface area (Å²) in [6.45, 7) is -1.41. The standard InChI is InChI=1S/C14H14F3N5O2/c15-14(16,17)8-22-12(18)10(7-19-22)13(24)21-20-11(23)6-9-4-2-1-3-5-9/h1-5,7H,6,8,18H2,(H,20,23)(H,21,24). The molecular weight excluding hydrogens is 327 g/mol. The lowest BCUT2D eigenvalue weighted by Gasteiger charge is -2.09. The van der Waals surface area contributed by atoms with Crippen LogP contribution in [0.15, 0.2) is 36.5 Å². The van der Waals surface area contributed by atoms with Crippen molar-refractivity contribution in [2.45, 2.75) is 19.1 Å². The fourth-order valence-electron chi connectivity index (χ4n) is 1.88. The minimum absolute atomic E-state index is 0.0317. The number of hydrazine groups is 1. The zero-order chi connectivity index (χ0) is 17.7. The Bertz CT molecular complexity index is 728. The summed E-state index contributed by atoms with van der Waals surface area (Å²) in [5.41, 5.74) is 10.2. The highest BCUT2D eigenvalue weighted by molar-refractivity contribution is 5.99. The van der Waals surface area contributed by atoms with Crippen molar-refractivity contribution in [1.82, 2.24) is 20.6 Å². The highest BCUT2D eigenvalue weighted by atomic mass is 19.4. The van der Waals surface area contributed by atoms with Crippen molar-refractivity contribution in [1.29, 1.82) is 0 Å². The Morgan fingerprint density at radius 3 is 2.46 bits per heavy atom. The number of aromatic nitrogens is 2. The number of rotatable bonds is 4. The largest absolute Gasteiger partial charge is 0.408 e. The Labute approximate surface area is 134 Å². The zero-order valence-electron chi connectivity index (χ0n) is 12.3. The summed E-state index contributed by atoms with van der Waals surface area (Å²) in [5, 5.41) is 3.42. The number of nitrogen functional groups attached to an aromatic ring is 1. The molecule has 7 nitrogen and oxygen atoms in total. The molecule has 4 N–H and O–H groups in total. The summed E-state index contributed by atoms with van der Waals surface area (Å²) < 4.78 is 37.4. The SMILES string of the molecule is Nc1c(C(=O)NNC(=O)Cc2ccccc2)cnn1CC(F)(F)F. The first kappa shape index (κ1) is 17.3. The highest BCUT2D eigenvalue weighted by Gasteiger charge is 2.30. The number of carbonyl (C=O) groups excluding carboxylic acids is 2. The Kier molecular flexibility index (Phi) is 5.07. The number of nitrogens with one attached hydrogen (secondary N) is 2. The quantitative estimate of drug-likeness (QED) is 0.723. The van der Waals surface area contributed by atoms with Gasteiger partial charge in [0.2, 0.25) is 5.91 Å². The lowest BCUT2D eigenvalue weighted by Crippen LogP contribution is -2.42. The van der Waals surface area contributed by atoms with E-state index in [9.17, 15) is 22.8 Å². The molecule has 128 valence electrons. The highest BCUT2D eigenvalue weighted by Crippen LogP contribution is 2.20. The summed E-state index contributed by atoms with van der Waals surface area (Å²) in [5.74, 6) is -1.79.